The Morgan fingerprint density at radius 2 is 2.00 bits per heavy atom. The van der Waals surface area contributed by atoms with Gasteiger partial charge in [-0.3, -0.25) is 0 Å². The summed E-state index contributed by atoms with van der Waals surface area (Å²) in [5, 5.41) is 0. The summed E-state index contributed by atoms with van der Waals surface area (Å²) in [5.41, 5.74) is 0. The van der Waals surface area contributed by atoms with Crippen molar-refractivity contribution >= 4 is 11.6 Å². The zero-order chi connectivity index (χ0) is 7.33. The van der Waals surface area contributed by atoms with Gasteiger partial charge in [0.05, 0.1) is 6.61 Å². The molecule has 0 aliphatic heterocycles. The fourth-order valence-corrected chi connectivity index (χ4v) is 0.304. The van der Waals surface area contributed by atoms with E-state index in [9.17, 15) is 13.2 Å². The topological polar surface area (TPSA) is 9.23 Å². The highest BCUT2D eigenvalue weighted by Gasteiger charge is 2.29. The Morgan fingerprint density at radius 1 is 1.44 bits per heavy atom. The minimum Gasteiger partial charge on any atom is -0.317 e. The maximum atomic E-state index is 11.7. The molecule has 0 aliphatic carbocycles. The molecule has 0 saturated heterocycles. The molecule has 0 amide bonds. The Kier molecular flexibility index (Phi) is 3.97. The van der Waals surface area contributed by atoms with Crippen molar-refractivity contribution < 1.29 is 17.9 Å². The van der Waals surface area contributed by atoms with E-state index in [0.29, 0.717) is 0 Å². The molecule has 0 aromatic rings. The van der Waals surface area contributed by atoms with Crippen LogP contribution in [0.15, 0.2) is 0 Å². The molecule has 0 unspecified atom stereocenters. The first-order valence-electron chi connectivity index (χ1n) is 2.26. The van der Waals surface area contributed by atoms with E-state index in [0.717, 1.165) is 0 Å². The van der Waals surface area contributed by atoms with Crippen LogP contribution in [0.2, 0.25) is 0 Å². The number of ether oxygens (including phenoxy) is 1. The molecule has 0 saturated carbocycles. The van der Waals surface area contributed by atoms with Crippen molar-refractivity contribution in [2.75, 3.05) is 19.2 Å². The predicted octanol–water partition coefficient (Wildman–Crippen LogP) is 1.80. The minimum absolute atomic E-state index is 0.0599. The lowest BCUT2D eigenvalue weighted by Gasteiger charge is -2.10. The second-order valence-electron chi connectivity index (χ2n) is 1.31. The molecule has 0 atom stereocenters. The Balaban J connectivity index is 3.33. The van der Waals surface area contributed by atoms with E-state index >= 15 is 0 Å². The molecule has 0 aromatic carbocycles. The third-order valence-corrected chi connectivity index (χ3v) is 0.700. The van der Waals surface area contributed by atoms with E-state index in [1.165, 1.54) is 0 Å². The molecule has 0 spiro atoms. The standard InChI is InChI=1S/C4H6ClF3O/c5-1-2-9-4(7,8)3-6/h1-3H2. The highest BCUT2D eigenvalue weighted by Crippen LogP contribution is 2.14. The average Bonchev–Trinajstić information content (AvgIpc) is 1.84. The van der Waals surface area contributed by atoms with E-state index in [2.05, 4.69) is 4.74 Å². The zero-order valence-corrected chi connectivity index (χ0v) is 5.30. The SMILES string of the molecule is FCC(F)(F)OCCCl. The van der Waals surface area contributed by atoms with Crippen LogP contribution in [0.4, 0.5) is 13.2 Å². The number of hydrogen-bond donors (Lipinski definition) is 0. The third-order valence-electron chi connectivity index (χ3n) is 0.546. The summed E-state index contributed by atoms with van der Waals surface area (Å²) in [5.74, 6) is -0.0599. The second-order valence-corrected chi connectivity index (χ2v) is 1.69. The fourth-order valence-electron chi connectivity index (χ4n) is 0.226. The molecular weight excluding hydrogens is 156 g/mol. The summed E-state index contributed by atoms with van der Waals surface area (Å²) in [6, 6.07) is 0. The predicted molar refractivity (Wildman–Crippen MR) is 27.6 cm³/mol. The van der Waals surface area contributed by atoms with Crippen molar-refractivity contribution in [3.63, 3.8) is 0 Å². The molecule has 0 aromatic heterocycles. The van der Waals surface area contributed by atoms with Gasteiger partial charge in [-0.1, -0.05) is 0 Å². The maximum absolute atomic E-state index is 11.7. The molecule has 0 rings (SSSR count). The first-order valence-corrected chi connectivity index (χ1v) is 2.79. The van der Waals surface area contributed by atoms with Crippen LogP contribution >= 0.6 is 11.6 Å². The largest absolute Gasteiger partial charge is 0.384 e. The molecule has 0 N–H and O–H groups in total. The molecular formula is C4H6ClF3O. The van der Waals surface area contributed by atoms with Crippen molar-refractivity contribution in [2.24, 2.45) is 0 Å². The molecule has 5 heteroatoms. The minimum atomic E-state index is -3.66. The van der Waals surface area contributed by atoms with Crippen molar-refractivity contribution in [3.05, 3.63) is 0 Å². The van der Waals surface area contributed by atoms with E-state index < -0.39 is 12.8 Å². The smallest absolute Gasteiger partial charge is 0.317 e. The van der Waals surface area contributed by atoms with Crippen LogP contribution in [-0.4, -0.2) is 25.3 Å². The van der Waals surface area contributed by atoms with E-state index in [1.807, 2.05) is 0 Å². The Morgan fingerprint density at radius 3 is 2.33 bits per heavy atom. The lowest BCUT2D eigenvalue weighted by Crippen LogP contribution is -2.24. The maximum Gasteiger partial charge on any atom is 0.384 e. The van der Waals surface area contributed by atoms with Gasteiger partial charge in [0.2, 0.25) is 0 Å². The van der Waals surface area contributed by atoms with Gasteiger partial charge in [-0.05, 0) is 0 Å². The van der Waals surface area contributed by atoms with Gasteiger partial charge in [0.15, 0.2) is 6.67 Å². The summed E-state index contributed by atoms with van der Waals surface area (Å²) < 4.78 is 38.2. The fraction of sp³-hybridized carbons (Fsp3) is 1.00. The van der Waals surface area contributed by atoms with Crippen LogP contribution in [0.25, 0.3) is 0 Å². The molecule has 0 fully saturated rings. The van der Waals surface area contributed by atoms with E-state index in [1.54, 1.807) is 0 Å². The van der Waals surface area contributed by atoms with Gasteiger partial charge >= 0.3 is 6.11 Å². The Labute approximate surface area is 55.7 Å². The second kappa shape index (κ2) is 3.95. The molecule has 0 aliphatic rings. The van der Waals surface area contributed by atoms with Gasteiger partial charge in [-0.25, -0.2) is 4.39 Å². The van der Waals surface area contributed by atoms with E-state index in [-0.39, 0.29) is 12.5 Å². The summed E-state index contributed by atoms with van der Waals surface area (Å²) in [4.78, 5) is 0. The van der Waals surface area contributed by atoms with Crippen LogP contribution < -0.4 is 0 Å². The highest BCUT2D eigenvalue weighted by molar-refractivity contribution is 6.17. The lowest BCUT2D eigenvalue weighted by atomic mass is 10.7. The third kappa shape index (κ3) is 4.54. The van der Waals surface area contributed by atoms with Crippen molar-refractivity contribution in [1.29, 1.82) is 0 Å². The van der Waals surface area contributed by atoms with Gasteiger partial charge in [-0.2, -0.15) is 8.78 Å². The van der Waals surface area contributed by atoms with Crippen molar-refractivity contribution in [2.45, 2.75) is 6.11 Å². The number of rotatable bonds is 4. The van der Waals surface area contributed by atoms with Crippen LogP contribution in [0.3, 0.4) is 0 Å². The van der Waals surface area contributed by atoms with Crippen molar-refractivity contribution in [1.82, 2.24) is 0 Å². The Hall–Kier alpha value is 0.0400. The summed E-state index contributed by atoms with van der Waals surface area (Å²) in [6.07, 6.45) is -3.66. The van der Waals surface area contributed by atoms with Crippen LogP contribution in [-0.2, 0) is 4.74 Å². The first kappa shape index (κ1) is 9.04. The Bertz CT molecular complexity index is 78.2. The molecule has 0 heterocycles. The van der Waals surface area contributed by atoms with Gasteiger partial charge in [0.1, 0.15) is 0 Å². The van der Waals surface area contributed by atoms with E-state index in [4.69, 9.17) is 11.6 Å². The zero-order valence-electron chi connectivity index (χ0n) is 4.54. The molecule has 9 heavy (non-hydrogen) atoms. The van der Waals surface area contributed by atoms with Gasteiger partial charge in [0, 0.05) is 5.88 Å². The van der Waals surface area contributed by atoms with Crippen LogP contribution in [0, 0.1) is 0 Å². The van der Waals surface area contributed by atoms with Gasteiger partial charge < -0.3 is 4.74 Å². The monoisotopic (exact) mass is 162 g/mol. The summed E-state index contributed by atoms with van der Waals surface area (Å²) in [6.45, 7) is -2.14. The summed E-state index contributed by atoms with van der Waals surface area (Å²) >= 11 is 4.98. The number of alkyl halides is 4. The van der Waals surface area contributed by atoms with Crippen LogP contribution in [0.5, 0.6) is 0 Å². The summed E-state index contributed by atoms with van der Waals surface area (Å²) in [7, 11) is 0. The number of hydrogen-bond acceptors (Lipinski definition) is 1. The van der Waals surface area contributed by atoms with Gasteiger partial charge in [-0.15, -0.1) is 11.6 Å². The molecule has 1 nitrogen and oxygen atoms in total. The molecule has 0 bridgehead atoms. The average molecular weight is 163 g/mol. The molecule has 0 radical (unpaired) electrons. The first-order chi connectivity index (χ1) is 4.12. The highest BCUT2D eigenvalue weighted by atomic mass is 35.5. The quantitative estimate of drug-likeness (QED) is 0.573. The van der Waals surface area contributed by atoms with Crippen molar-refractivity contribution in [3.8, 4) is 0 Å². The normalized spacial score (nSPS) is 12.0. The molecule has 56 valence electrons. The lowest BCUT2D eigenvalue weighted by molar-refractivity contribution is -0.242. The van der Waals surface area contributed by atoms with Crippen LogP contribution in [0.1, 0.15) is 0 Å². The number of halogens is 4. The van der Waals surface area contributed by atoms with Gasteiger partial charge in [0.25, 0.3) is 0 Å².